The van der Waals surface area contributed by atoms with Crippen LogP contribution in [-0.4, -0.2) is 42.5 Å². The van der Waals surface area contributed by atoms with E-state index < -0.39 is 0 Å². The molecule has 2 heterocycles. The van der Waals surface area contributed by atoms with Crippen LogP contribution in [0.25, 0.3) is 0 Å². The van der Waals surface area contributed by atoms with Crippen molar-refractivity contribution in [2.24, 2.45) is 11.8 Å². The van der Waals surface area contributed by atoms with E-state index >= 15 is 0 Å². The Morgan fingerprint density at radius 1 is 1.16 bits per heavy atom. The van der Waals surface area contributed by atoms with Gasteiger partial charge < -0.3 is 10.6 Å². The number of fused-ring (bicyclic) bond motifs is 1. The zero-order valence-corrected chi connectivity index (χ0v) is 14.7. The molecule has 136 valence electrons. The third kappa shape index (κ3) is 3.87. The second-order valence-electron chi connectivity index (χ2n) is 7.94. The number of piperidine rings is 1. The lowest BCUT2D eigenvalue weighted by Gasteiger charge is -2.27. The van der Waals surface area contributed by atoms with Gasteiger partial charge in [0.15, 0.2) is 0 Å². The maximum Gasteiger partial charge on any atom is 0.237 e. The van der Waals surface area contributed by atoms with Gasteiger partial charge in [0, 0.05) is 25.7 Å². The number of rotatable bonds is 4. The van der Waals surface area contributed by atoms with Gasteiger partial charge in [0.1, 0.15) is 5.82 Å². The molecule has 25 heavy (non-hydrogen) atoms. The van der Waals surface area contributed by atoms with Crippen molar-refractivity contribution in [2.45, 2.75) is 50.7 Å². The van der Waals surface area contributed by atoms with E-state index in [0.717, 1.165) is 51.0 Å². The molecule has 4 rings (SSSR count). The largest absolute Gasteiger partial charge is 0.352 e. The molecule has 0 spiro atoms. The van der Waals surface area contributed by atoms with Crippen molar-refractivity contribution < 1.29 is 9.18 Å². The first-order valence-electron chi connectivity index (χ1n) is 9.69. The molecule has 1 aromatic rings. The van der Waals surface area contributed by atoms with Crippen LogP contribution in [0.4, 0.5) is 4.39 Å². The topological polar surface area (TPSA) is 44.4 Å². The highest BCUT2D eigenvalue weighted by Gasteiger charge is 2.43. The number of hydrogen-bond donors (Lipinski definition) is 2. The van der Waals surface area contributed by atoms with Crippen LogP contribution in [0.2, 0.25) is 0 Å². The van der Waals surface area contributed by atoms with E-state index in [1.807, 2.05) is 12.1 Å². The van der Waals surface area contributed by atoms with Gasteiger partial charge in [-0.3, -0.25) is 9.69 Å². The fourth-order valence-corrected chi connectivity index (χ4v) is 4.87. The number of nitrogens with one attached hydrogen (secondary N) is 2. The van der Waals surface area contributed by atoms with Gasteiger partial charge in [-0.1, -0.05) is 18.6 Å². The molecule has 1 saturated carbocycles. The van der Waals surface area contributed by atoms with Crippen molar-refractivity contribution in [3.63, 3.8) is 0 Å². The van der Waals surface area contributed by atoms with Gasteiger partial charge >= 0.3 is 0 Å². The monoisotopic (exact) mass is 345 g/mol. The summed E-state index contributed by atoms with van der Waals surface area (Å²) in [6, 6.07) is 7.14. The van der Waals surface area contributed by atoms with Crippen molar-refractivity contribution in [1.29, 1.82) is 0 Å². The van der Waals surface area contributed by atoms with E-state index in [0.29, 0.717) is 17.9 Å². The van der Waals surface area contributed by atoms with Crippen LogP contribution in [-0.2, 0) is 11.3 Å². The van der Waals surface area contributed by atoms with Crippen molar-refractivity contribution >= 4 is 5.91 Å². The van der Waals surface area contributed by atoms with Crippen molar-refractivity contribution in [2.75, 3.05) is 19.6 Å². The van der Waals surface area contributed by atoms with Crippen LogP contribution >= 0.6 is 0 Å². The summed E-state index contributed by atoms with van der Waals surface area (Å²) in [5.41, 5.74) is 1.16. The first-order chi connectivity index (χ1) is 12.2. The molecule has 3 aliphatic rings. The Morgan fingerprint density at radius 3 is 2.76 bits per heavy atom. The maximum absolute atomic E-state index is 13.1. The highest BCUT2D eigenvalue weighted by Crippen LogP contribution is 2.38. The molecule has 4 atom stereocenters. The van der Waals surface area contributed by atoms with E-state index in [9.17, 15) is 9.18 Å². The number of carbonyl (C=O) groups excluding carboxylic acids is 1. The normalized spacial score (nSPS) is 32.5. The van der Waals surface area contributed by atoms with E-state index in [4.69, 9.17) is 0 Å². The lowest BCUT2D eigenvalue weighted by Crippen LogP contribution is -2.50. The van der Waals surface area contributed by atoms with E-state index in [-0.39, 0.29) is 17.8 Å². The smallest absolute Gasteiger partial charge is 0.237 e. The third-order valence-corrected chi connectivity index (χ3v) is 6.21. The Morgan fingerprint density at radius 2 is 2.00 bits per heavy atom. The number of benzene rings is 1. The molecule has 4 nitrogen and oxygen atoms in total. The maximum atomic E-state index is 13.1. The molecule has 2 aliphatic heterocycles. The Bertz CT molecular complexity index is 599. The van der Waals surface area contributed by atoms with E-state index in [2.05, 4.69) is 15.5 Å². The molecule has 0 radical (unpaired) electrons. The predicted molar refractivity (Wildman–Crippen MR) is 95.5 cm³/mol. The molecule has 0 aromatic heterocycles. The second-order valence-corrected chi connectivity index (χ2v) is 7.94. The number of amides is 1. The predicted octanol–water partition coefficient (Wildman–Crippen LogP) is 2.29. The Labute approximate surface area is 149 Å². The minimum Gasteiger partial charge on any atom is -0.352 e. The minimum absolute atomic E-state index is 0.00419. The summed E-state index contributed by atoms with van der Waals surface area (Å²) in [4.78, 5) is 15.0. The van der Waals surface area contributed by atoms with Gasteiger partial charge in [-0.05, 0) is 61.8 Å². The SMILES string of the molecule is O=C(N[C@@H]1CC[C@H]2CN(Cc3ccc(F)cc3)C[C@H]21)[C@@H]1CCCCN1. The Balaban J connectivity index is 1.31. The molecule has 1 aromatic carbocycles. The molecule has 1 amide bonds. The van der Waals surface area contributed by atoms with Crippen molar-refractivity contribution in [3.05, 3.63) is 35.6 Å². The molecular formula is C20H28FN3O. The Hall–Kier alpha value is -1.46. The molecule has 1 aliphatic carbocycles. The van der Waals surface area contributed by atoms with Crippen LogP contribution in [0.15, 0.2) is 24.3 Å². The molecule has 2 saturated heterocycles. The number of hydrogen-bond acceptors (Lipinski definition) is 3. The van der Waals surface area contributed by atoms with Gasteiger partial charge in [0.2, 0.25) is 5.91 Å². The lowest BCUT2D eigenvalue weighted by molar-refractivity contribution is -0.124. The zero-order chi connectivity index (χ0) is 17.2. The Kier molecular flexibility index (Phi) is 5.04. The average molecular weight is 345 g/mol. The molecule has 0 unspecified atom stereocenters. The molecule has 2 N–H and O–H groups in total. The summed E-state index contributed by atoms with van der Waals surface area (Å²) >= 11 is 0. The molecule has 0 bridgehead atoms. The van der Waals surface area contributed by atoms with E-state index in [1.54, 1.807) is 0 Å². The third-order valence-electron chi connectivity index (χ3n) is 6.21. The minimum atomic E-state index is -0.180. The van der Waals surface area contributed by atoms with Gasteiger partial charge in [-0.25, -0.2) is 4.39 Å². The van der Waals surface area contributed by atoms with Gasteiger partial charge in [-0.15, -0.1) is 0 Å². The van der Waals surface area contributed by atoms with Crippen LogP contribution in [0.1, 0.15) is 37.7 Å². The van der Waals surface area contributed by atoms with Crippen LogP contribution < -0.4 is 10.6 Å². The van der Waals surface area contributed by atoms with Crippen molar-refractivity contribution in [1.82, 2.24) is 15.5 Å². The van der Waals surface area contributed by atoms with Crippen molar-refractivity contribution in [3.8, 4) is 0 Å². The van der Waals surface area contributed by atoms with Gasteiger partial charge in [-0.2, -0.15) is 0 Å². The number of likely N-dealkylation sites (tertiary alicyclic amines) is 1. The second kappa shape index (κ2) is 7.42. The number of carbonyl (C=O) groups is 1. The molecule has 3 fully saturated rings. The average Bonchev–Trinajstić information content (AvgIpc) is 3.19. The summed E-state index contributed by atoms with van der Waals surface area (Å²) in [6.45, 7) is 3.96. The standard InChI is InChI=1S/C20H28FN3O/c21-16-7-4-14(5-8-16)11-24-12-15-6-9-18(17(15)13-24)23-20(25)19-3-1-2-10-22-19/h4-5,7-8,15,17-19,22H,1-3,6,9-13H2,(H,23,25)/t15-,17+,18+,19-/m0/s1. The summed E-state index contributed by atoms with van der Waals surface area (Å²) < 4.78 is 13.1. The van der Waals surface area contributed by atoms with Gasteiger partial charge in [0.05, 0.1) is 6.04 Å². The highest BCUT2D eigenvalue weighted by molar-refractivity contribution is 5.82. The lowest BCUT2D eigenvalue weighted by atomic mass is 9.97. The summed E-state index contributed by atoms with van der Waals surface area (Å²) in [6.07, 6.45) is 5.60. The fourth-order valence-electron chi connectivity index (χ4n) is 4.87. The fraction of sp³-hybridized carbons (Fsp3) is 0.650. The number of nitrogens with zero attached hydrogens (tertiary/aromatic N) is 1. The first-order valence-corrected chi connectivity index (χ1v) is 9.69. The number of halogens is 1. The molecular weight excluding hydrogens is 317 g/mol. The zero-order valence-electron chi connectivity index (χ0n) is 14.7. The van der Waals surface area contributed by atoms with Crippen LogP contribution in [0.5, 0.6) is 0 Å². The quantitative estimate of drug-likeness (QED) is 0.880. The summed E-state index contributed by atoms with van der Waals surface area (Å²) in [5, 5.41) is 6.68. The highest BCUT2D eigenvalue weighted by atomic mass is 19.1. The van der Waals surface area contributed by atoms with Gasteiger partial charge in [0.25, 0.3) is 0 Å². The van der Waals surface area contributed by atoms with Crippen LogP contribution in [0, 0.1) is 17.7 Å². The van der Waals surface area contributed by atoms with E-state index in [1.165, 1.54) is 25.0 Å². The summed E-state index contributed by atoms with van der Waals surface area (Å²) in [5.74, 6) is 1.27. The van der Waals surface area contributed by atoms with Crippen LogP contribution in [0.3, 0.4) is 0 Å². The molecule has 5 heteroatoms. The summed E-state index contributed by atoms with van der Waals surface area (Å²) in [7, 11) is 0. The first kappa shape index (κ1) is 17.0.